The lowest BCUT2D eigenvalue weighted by atomic mass is 10.2. The smallest absolute Gasteiger partial charge is 0.451 e. The molecular formula is C14H13F3N4O3S. The van der Waals surface area contributed by atoms with E-state index in [1.807, 2.05) is 0 Å². The van der Waals surface area contributed by atoms with Crippen molar-refractivity contribution in [2.45, 2.75) is 17.9 Å². The minimum Gasteiger partial charge on any atom is -0.454 e. The van der Waals surface area contributed by atoms with E-state index < -0.39 is 12.0 Å². The molecule has 7 nitrogen and oxygen atoms in total. The van der Waals surface area contributed by atoms with Crippen LogP contribution in [-0.2, 0) is 24.6 Å². The monoisotopic (exact) mass is 374 g/mol. The van der Waals surface area contributed by atoms with Crippen LogP contribution in [-0.4, -0.2) is 33.2 Å². The summed E-state index contributed by atoms with van der Waals surface area (Å²) in [5, 5.41) is 9.26. The highest BCUT2D eigenvalue weighted by Crippen LogP contribution is 2.32. The third-order valence-corrected chi connectivity index (χ3v) is 4.37. The van der Waals surface area contributed by atoms with E-state index in [-0.39, 0.29) is 30.2 Å². The van der Waals surface area contributed by atoms with Gasteiger partial charge in [-0.05, 0) is 17.7 Å². The Morgan fingerprint density at radius 3 is 2.80 bits per heavy atom. The average Bonchev–Trinajstić information content (AvgIpc) is 3.16. The average molecular weight is 374 g/mol. The fourth-order valence-corrected chi connectivity index (χ4v) is 2.86. The van der Waals surface area contributed by atoms with Crippen molar-refractivity contribution in [1.29, 1.82) is 0 Å². The molecule has 0 saturated heterocycles. The maximum atomic E-state index is 12.6. The molecule has 1 amide bonds. The summed E-state index contributed by atoms with van der Waals surface area (Å²) in [4.78, 5) is 11.9. The second kappa shape index (κ2) is 6.82. The van der Waals surface area contributed by atoms with Gasteiger partial charge in [0, 0.05) is 13.6 Å². The number of nitrogens with one attached hydrogen (secondary N) is 1. The summed E-state index contributed by atoms with van der Waals surface area (Å²) in [6, 6.07) is 5.30. The standard InChI is InChI=1S/C14H13F3N4O3S/c1-21-12(14(15,16)17)19-20-13(21)25-6-11(22)18-5-8-2-3-9-10(4-8)24-7-23-9/h2-4H,5-7H2,1H3,(H,18,22). The molecular weight excluding hydrogens is 361 g/mol. The van der Waals surface area contributed by atoms with Crippen LogP contribution in [0.5, 0.6) is 11.5 Å². The van der Waals surface area contributed by atoms with E-state index in [1.54, 1.807) is 18.2 Å². The summed E-state index contributed by atoms with van der Waals surface area (Å²) in [6.07, 6.45) is -4.58. The SMILES string of the molecule is Cn1c(SCC(=O)NCc2ccc3c(c2)OCO3)nnc1C(F)(F)F. The van der Waals surface area contributed by atoms with Gasteiger partial charge < -0.3 is 19.4 Å². The first-order valence-corrected chi connectivity index (χ1v) is 8.08. The van der Waals surface area contributed by atoms with Crippen LogP contribution >= 0.6 is 11.8 Å². The van der Waals surface area contributed by atoms with E-state index in [0.717, 1.165) is 21.9 Å². The van der Waals surface area contributed by atoms with E-state index in [4.69, 9.17) is 9.47 Å². The summed E-state index contributed by atoms with van der Waals surface area (Å²) in [5.41, 5.74) is 0.820. The number of fused-ring (bicyclic) bond motifs is 1. The second-order valence-corrected chi connectivity index (χ2v) is 6.06. The number of halogens is 3. The number of aromatic nitrogens is 3. The summed E-state index contributed by atoms with van der Waals surface area (Å²) in [5.74, 6) is -0.253. The quantitative estimate of drug-likeness (QED) is 0.807. The number of hydrogen-bond donors (Lipinski definition) is 1. The predicted octanol–water partition coefficient (Wildman–Crippen LogP) is 1.97. The van der Waals surface area contributed by atoms with Gasteiger partial charge in [0.1, 0.15) is 0 Å². The fraction of sp³-hybridized carbons (Fsp3) is 0.357. The lowest BCUT2D eigenvalue weighted by molar-refractivity contribution is -0.147. The van der Waals surface area contributed by atoms with Gasteiger partial charge in [0.2, 0.25) is 18.5 Å². The maximum Gasteiger partial charge on any atom is 0.451 e. The highest BCUT2D eigenvalue weighted by atomic mass is 32.2. The van der Waals surface area contributed by atoms with Crippen LogP contribution < -0.4 is 14.8 Å². The van der Waals surface area contributed by atoms with Crippen molar-refractivity contribution >= 4 is 17.7 Å². The molecule has 0 saturated carbocycles. The van der Waals surface area contributed by atoms with Crippen LogP contribution in [0.25, 0.3) is 0 Å². The fourth-order valence-electron chi connectivity index (χ4n) is 2.12. The topological polar surface area (TPSA) is 78.3 Å². The third kappa shape index (κ3) is 3.98. The number of hydrogen-bond acceptors (Lipinski definition) is 6. The Hall–Kier alpha value is -2.43. The molecule has 25 heavy (non-hydrogen) atoms. The van der Waals surface area contributed by atoms with Gasteiger partial charge in [-0.1, -0.05) is 17.8 Å². The molecule has 0 aliphatic carbocycles. The van der Waals surface area contributed by atoms with E-state index in [0.29, 0.717) is 11.5 Å². The largest absolute Gasteiger partial charge is 0.454 e. The van der Waals surface area contributed by atoms with Crippen LogP contribution in [0, 0.1) is 0 Å². The number of benzene rings is 1. The van der Waals surface area contributed by atoms with Crippen molar-refractivity contribution in [3.05, 3.63) is 29.6 Å². The molecule has 1 aliphatic heterocycles. The van der Waals surface area contributed by atoms with Crippen molar-refractivity contribution in [1.82, 2.24) is 20.1 Å². The van der Waals surface area contributed by atoms with E-state index in [1.165, 1.54) is 7.05 Å². The van der Waals surface area contributed by atoms with Gasteiger partial charge in [-0.25, -0.2) is 0 Å². The summed E-state index contributed by atoms with van der Waals surface area (Å²) in [7, 11) is 1.20. The zero-order valence-corrected chi connectivity index (χ0v) is 13.8. The molecule has 11 heteroatoms. The molecule has 1 aliphatic rings. The molecule has 0 radical (unpaired) electrons. The first-order chi connectivity index (χ1) is 11.8. The molecule has 0 spiro atoms. The van der Waals surface area contributed by atoms with Crippen molar-refractivity contribution in [3.63, 3.8) is 0 Å². The van der Waals surface area contributed by atoms with Crippen LogP contribution in [0.4, 0.5) is 13.2 Å². The van der Waals surface area contributed by atoms with E-state index >= 15 is 0 Å². The van der Waals surface area contributed by atoms with E-state index in [9.17, 15) is 18.0 Å². The molecule has 0 unspecified atom stereocenters. The van der Waals surface area contributed by atoms with Gasteiger partial charge in [-0.15, -0.1) is 10.2 Å². The second-order valence-electron chi connectivity index (χ2n) is 5.12. The van der Waals surface area contributed by atoms with Crippen LogP contribution in [0.2, 0.25) is 0 Å². The first-order valence-electron chi connectivity index (χ1n) is 7.09. The van der Waals surface area contributed by atoms with Crippen LogP contribution in [0.1, 0.15) is 11.4 Å². The number of ether oxygens (including phenoxy) is 2. The van der Waals surface area contributed by atoms with Gasteiger partial charge in [0.05, 0.1) is 5.75 Å². The molecule has 1 aromatic carbocycles. The Labute approximate surface area is 144 Å². The Kier molecular flexibility index (Phi) is 4.75. The van der Waals surface area contributed by atoms with Crippen LogP contribution in [0.15, 0.2) is 23.4 Å². The number of nitrogens with zero attached hydrogens (tertiary/aromatic N) is 3. The molecule has 134 valence electrons. The molecule has 3 rings (SSSR count). The Morgan fingerprint density at radius 1 is 1.32 bits per heavy atom. The minimum atomic E-state index is -4.58. The summed E-state index contributed by atoms with van der Waals surface area (Å²) < 4.78 is 49.2. The molecule has 0 bridgehead atoms. The highest BCUT2D eigenvalue weighted by Gasteiger charge is 2.37. The molecule has 1 aromatic heterocycles. The van der Waals surface area contributed by atoms with Crippen molar-refractivity contribution in [2.75, 3.05) is 12.5 Å². The Bertz CT molecular complexity index is 794. The van der Waals surface area contributed by atoms with Crippen molar-refractivity contribution in [2.24, 2.45) is 7.05 Å². The van der Waals surface area contributed by atoms with Crippen molar-refractivity contribution in [3.8, 4) is 11.5 Å². The predicted molar refractivity (Wildman–Crippen MR) is 81.1 cm³/mol. The van der Waals surface area contributed by atoms with E-state index in [2.05, 4.69) is 15.5 Å². The summed E-state index contributed by atoms with van der Waals surface area (Å²) in [6.45, 7) is 0.433. The van der Waals surface area contributed by atoms with Crippen molar-refractivity contribution < 1.29 is 27.4 Å². The molecule has 2 heterocycles. The van der Waals surface area contributed by atoms with Gasteiger partial charge in [0.25, 0.3) is 0 Å². The maximum absolute atomic E-state index is 12.6. The van der Waals surface area contributed by atoms with Gasteiger partial charge in [-0.2, -0.15) is 13.2 Å². The zero-order chi connectivity index (χ0) is 18.0. The van der Waals surface area contributed by atoms with Gasteiger partial charge in [-0.3, -0.25) is 4.79 Å². The number of alkyl halides is 3. The molecule has 2 aromatic rings. The number of rotatable bonds is 5. The molecule has 0 fully saturated rings. The third-order valence-electron chi connectivity index (χ3n) is 3.35. The lowest BCUT2D eigenvalue weighted by Crippen LogP contribution is -2.24. The molecule has 0 atom stereocenters. The van der Waals surface area contributed by atoms with Gasteiger partial charge >= 0.3 is 6.18 Å². The number of carbonyl (C=O) groups is 1. The number of thioether (sulfide) groups is 1. The Morgan fingerprint density at radius 2 is 2.08 bits per heavy atom. The summed E-state index contributed by atoms with van der Waals surface area (Å²) >= 11 is 0.880. The minimum absolute atomic E-state index is 0.0190. The normalized spacial score (nSPS) is 13.1. The number of carbonyl (C=O) groups excluding carboxylic acids is 1. The zero-order valence-electron chi connectivity index (χ0n) is 13.0. The first kappa shape index (κ1) is 17.4. The molecule has 1 N–H and O–H groups in total. The highest BCUT2D eigenvalue weighted by molar-refractivity contribution is 7.99. The number of amides is 1. The van der Waals surface area contributed by atoms with Crippen LogP contribution in [0.3, 0.4) is 0 Å². The van der Waals surface area contributed by atoms with Gasteiger partial charge in [0.15, 0.2) is 16.7 Å². The Balaban J connectivity index is 1.51. The lowest BCUT2D eigenvalue weighted by Gasteiger charge is -2.07.